The SMILES string of the molecule is O=S1(=O)CCCC(CN2CCNCCS2(=O)=O)C1. The highest BCUT2D eigenvalue weighted by Crippen LogP contribution is 2.20. The molecular weight excluding hydrogens is 276 g/mol. The third kappa shape index (κ3) is 3.66. The highest BCUT2D eigenvalue weighted by atomic mass is 32.2. The maximum Gasteiger partial charge on any atom is 0.215 e. The Morgan fingerprint density at radius 3 is 2.61 bits per heavy atom. The molecule has 2 aliphatic heterocycles. The monoisotopic (exact) mass is 296 g/mol. The first-order chi connectivity index (χ1) is 8.39. The van der Waals surface area contributed by atoms with Crippen molar-refractivity contribution in [2.75, 3.05) is 43.4 Å². The number of sulfone groups is 1. The molecule has 1 atom stereocenters. The van der Waals surface area contributed by atoms with Crippen LogP contribution in [0.25, 0.3) is 0 Å². The van der Waals surface area contributed by atoms with E-state index < -0.39 is 19.9 Å². The fourth-order valence-electron chi connectivity index (χ4n) is 2.55. The zero-order valence-corrected chi connectivity index (χ0v) is 12.0. The minimum atomic E-state index is -3.22. The second-order valence-corrected chi connectivity index (χ2v) is 9.36. The van der Waals surface area contributed by atoms with E-state index >= 15 is 0 Å². The Kier molecular flexibility index (Phi) is 4.30. The first kappa shape index (κ1) is 14.2. The van der Waals surface area contributed by atoms with Gasteiger partial charge in [0.2, 0.25) is 10.0 Å². The average Bonchev–Trinajstić information content (AvgIpc) is 2.40. The largest absolute Gasteiger partial charge is 0.314 e. The molecular formula is C10H20N2O4S2. The molecule has 2 heterocycles. The van der Waals surface area contributed by atoms with E-state index in [1.54, 1.807) is 0 Å². The molecule has 0 aliphatic carbocycles. The van der Waals surface area contributed by atoms with Crippen LogP contribution in [0, 0.1) is 5.92 Å². The van der Waals surface area contributed by atoms with Crippen LogP contribution < -0.4 is 5.32 Å². The van der Waals surface area contributed by atoms with E-state index in [0.717, 1.165) is 6.42 Å². The highest BCUT2D eigenvalue weighted by molar-refractivity contribution is 7.91. The number of rotatable bonds is 2. The zero-order valence-electron chi connectivity index (χ0n) is 10.3. The predicted octanol–water partition coefficient (Wildman–Crippen LogP) is -0.954. The van der Waals surface area contributed by atoms with E-state index in [9.17, 15) is 16.8 Å². The maximum absolute atomic E-state index is 12.0. The van der Waals surface area contributed by atoms with Crippen LogP contribution in [0.15, 0.2) is 0 Å². The van der Waals surface area contributed by atoms with Gasteiger partial charge in [0.05, 0.1) is 17.3 Å². The quantitative estimate of drug-likeness (QED) is 0.710. The molecule has 0 bridgehead atoms. The topological polar surface area (TPSA) is 83.6 Å². The second-order valence-electron chi connectivity index (χ2n) is 5.05. The lowest BCUT2D eigenvalue weighted by atomic mass is 10.1. The van der Waals surface area contributed by atoms with Crippen LogP contribution >= 0.6 is 0 Å². The molecule has 18 heavy (non-hydrogen) atoms. The molecule has 6 nitrogen and oxygen atoms in total. The molecule has 0 aromatic heterocycles. The number of hydrogen-bond donors (Lipinski definition) is 1. The van der Waals surface area contributed by atoms with E-state index in [1.165, 1.54) is 4.31 Å². The van der Waals surface area contributed by atoms with E-state index in [0.29, 0.717) is 32.6 Å². The molecule has 1 N–H and O–H groups in total. The Bertz CT molecular complexity index is 486. The third-order valence-electron chi connectivity index (χ3n) is 3.49. The van der Waals surface area contributed by atoms with Crippen molar-refractivity contribution in [3.05, 3.63) is 0 Å². The summed E-state index contributed by atoms with van der Waals surface area (Å²) in [7, 11) is -6.19. The molecule has 2 rings (SSSR count). The summed E-state index contributed by atoms with van der Waals surface area (Å²) in [5.74, 6) is 0.438. The lowest BCUT2D eigenvalue weighted by molar-refractivity contribution is 0.343. The normalized spacial score (nSPS) is 32.8. The molecule has 0 saturated carbocycles. The summed E-state index contributed by atoms with van der Waals surface area (Å²) >= 11 is 0. The van der Waals surface area contributed by atoms with Crippen molar-refractivity contribution in [3.63, 3.8) is 0 Å². The van der Waals surface area contributed by atoms with Crippen LogP contribution in [0.2, 0.25) is 0 Å². The molecule has 0 spiro atoms. The standard InChI is InChI=1S/C10H20N2O4S2/c13-17(14)6-1-2-10(9-17)8-12-5-3-11-4-7-18(12,15)16/h10-11H,1-9H2. The molecule has 0 radical (unpaired) electrons. The molecule has 2 aliphatic rings. The smallest absolute Gasteiger partial charge is 0.215 e. The van der Waals surface area contributed by atoms with Gasteiger partial charge in [-0.05, 0) is 18.8 Å². The van der Waals surface area contributed by atoms with Crippen LogP contribution in [0.5, 0.6) is 0 Å². The summed E-state index contributed by atoms with van der Waals surface area (Å²) in [6, 6.07) is 0. The van der Waals surface area contributed by atoms with Gasteiger partial charge in [-0.15, -0.1) is 0 Å². The number of nitrogens with zero attached hydrogens (tertiary/aromatic N) is 1. The average molecular weight is 296 g/mol. The van der Waals surface area contributed by atoms with Gasteiger partial charge in [0.25, 0.3) is 0 Å². The Hall–Kier alpha value is -0.180. The van der Waals surface area contributed by atoms with E-state index in [1.807, 2.05) is 0 Å². The number of nitrogens with one attached hydrogen (secondary N) is 1. The molecule has 0 amide bonds. The van der Waals surface area contributed by atoms with E-state index in [2.05, 4.69) is 5.32 Å². The van der Waals surface area contributed by atoms with Crippen LogP contribution in [-0.4, -0.2) is 64.6 Å². The van der Waals surface area contributed by atoms with Gasteiger partial charge in [-0.25, -0.2) is 21.1 Å². The minimum Gasteiger partial charge on any atom is -0.314 e. The zero-order chi connectivity index (χ0) is 13.2. The molecule has 106 valence electrons. The van der Waals surface area contributed by atoms with Gasteiger partial charge in [-0.1, -0.05) is 0 Å². The minimum absolute atomic E-state index is 0.0448. The summed E-state index contributed by atoms with van der Waals surface area (Å²) in [5, 5.41) is 3.05. The molecule has 1 unspecified atom stereocenters. The van der Waals surface area contributed by atoms with Gasteiger partial charge in [0.1, 0.15) is 0 Å². The fourth-order valence-corrected chi connectivity index (χ4v) is 5.78. The number of sulfonamides is 1. The van der Waals surface area contributed by atoms with Crippen molar-refractivity contribution in [2.45, 2.75) is 12.8 Å². The van der Waals surface area contributed by atoms with Crippen molar-refractivity contribution in [2.24, 2.45) is 5.92 Å². The molecule has 0 aromatic rings. The lowest BCUT2D eigenvalue weighted by Gasteiger charge is -2.27. The first-order valence-corrected chi connectivity index (χ1v) is 9.71. The Balaban J connectivity index is 2.03. The summed E-state index contributed by atoms with van der Waals surface area (Å²) in [4.78, 5) is 0. The second kappa shape index (κ2) is 5.44. The van der Waals surface area contributed by atoms with Crippen molar-refractivity contribution >= 4 is 19.9 Å². The van der Waals surface area contributed by atoms with Crippen LogP contribution in [0.4, 0.5) is 0 Å². The summed E-state index contributed by atoms with van der Waals surface area (Å²) < 4.78 is 48.5. The van der Waals surface area contributed by atoms with Crippen molar-refractivity contribution in [1.82, 2.24) is 9.62 Å². The Labute approximate surface area is 109 Å². The predicted molar refractivity (Wildman–Crippen MR) is 69.6 cm³/mol. The Morgan fingerprint density at radius 2 is 1.89 bits per heavy atom. The third-order valence-corrected chi connectivity index (χ3v) is 7.22. The lowest BCUT2D eigenvalue weighted by Crippen LogP contribution is -2.40. The van der Waals surface area contributed by atoms with Crippen LogP contribution in [-0.2, 0) is 19.9 Å². The molecule has 0 aromatic carbocycles. The van der Waals surface area contributed by atoms with Gasteiger partial charge in [0.15, 0.2) is 9.84 Å². The molecule has 8 heteroatoms. The van der Waals surface area contributed by atoms with E-state index in [-0.39, 0.29) is 23.2 Å². The summed E-state index contributed by atoms with van der Waals surface area (Å²) in [5.41, 5.74) is 0. The number of hydrogen-bond acceptors (Lipinski definition) is 5. The van der Waals surface area contributed by atoms with Crippen molar-refractivity contribution in [1.29, 1.82) is 0 Å². The molecule has 2 saturated heterocycles. The first-order valence-electron chi connectivity index (χ1n) is 6.28. The van der Waals surface area contributed by atoms with Crippen molar-refractivity contribution in [3.8, 4) is 0 Å². The van der Waals surface area contributed by atoms with Gasteiger partial charge in [-0.2, -0.15) is 0 Å². The van der Waals surface area contributed by atoms with Gasteiger partial charge >= 0.3 is 0 Å². The van der Waals surface area contributed by atoms with Gasteiger partial charge in [-0.3, -0.25) is 0 Å². The van der Waals surface area contributed by atoms with E-state index in [4.69, 9.17) is 0 Å². The van der Waals surface area contributed by atoms with Crippen LogP contribution in [0.1, 0.15) is 12.8 Å². The fraction of sp³-hybridized carbons (Fsp3) is 1.00. The highest BCUT2D eigenvalue weighted by Gasteiger charge is 2.31. The van der Waals surface area contributed by atoms with Gasteiger partial charge < -0.3 is 5.32 Å². The summed E-state index contributed by atoms with van der Waals surface area (Å²) in [6.07, 6.45) is 1.46. The van der Waals surface area contributed by atoms with Crippen LogP contribution in [0.3, 0.4) is 0 Å². The van der Waals surface area contributed by atoms with Crippen molar-refractivity contribution < 1.29 is 16.8 Å². The maximum atomic E-state index is 12.0. The molecule has 2 fully saturated rings. The van der Waals surface area contributed by atoms with Gasteiger partial charge in [0, 0.05) is 26.2 Å². The Morgan fingerprint density at radius 1 is 1.11 bits per heavy atom. The summed E-state index contributed by atoms with van der Waals surface area (Å²) in [6.45, 7) is 1.91.